The van der Waals surface area contributed by atoms with Crippen molar-refractivity contribution >= 4 is 5.97 Å². The zero-order valence-electron chi connectivity index (χ0n) is 11.0. The Bertz CT molecular complexity index is 573. The van der Waals surface area contributed by atoms with Crippen molar-refractivity contribution in [1.29, 1.82) is 0 Å². The summed E-state index contributed by atoms with van der Waals surface area (Å²) in [6.07, 6.45) is -0.0646. The van der Waals surface area contributed by atoms with Gasteiger partial charge in [0.25, 0.3) is 0 Å². The summed E-state index contributed by atoms with van der Waals surface area (Å²) in [7, 11) is 0. The molecule has 0 unspecified atom stereocenters. The maximum atomic E-state index is 10.7. The summed E-state index contributed by atoms with van der Waals surface area (Å²) >= 11 is 0. The molecule has 0 saturated heterocycles. The smallest absolute Gasteiger partial charge is 0.309 e. The van der Waals surface area contributed by atoms with Gasteiger partial charge in [0.15, 0.2) is 0 Å². The summed E-state index contributed by atoms with van der Waals surface area (Å²) in [6, 6.07) is 9.32. The number of ether oxygens (including phenoxy) is 1. The van der Waals surface area contributed by atoms with Crippen LogP contribution in [0.2, 0.25) is 0 Å². The van der Waals surface area contributed by atoms with Crippen molar-refractivity contribution < 1.29 is 14.6 Å². The van der Waals surface area contributed by atoms with Gasteiger partial charge >= 0.3 is 5.97 Å². The number of hydrogen-bond donors (Lipinski definition) is 1. The molecule has 1 heterocycles. The largest absolute Gasteiger partial charge is 0.494 e. The fourth-order valence-corrected chi connectivity index (χ4v) is 1.89. The molecule has 0 radical (unpaired) electrons. The van der Waals surface area contributed by atoms with E-state index in [1.807, 2.05) is 38.1 Å². The van der Waals surface area contributed by atoms with Gasteiger partial charge in [-0.2, -0.15) is 5.10 Å². The van der Waals surface area contributed by atoms with Crippen LogP contribution in [0.1, 0.15) is 18.3 Å². The van der Waals surface area contributed by atoms with Crippen molar-refractivity contribution in [2.75, 3.05) is 6.61 Å². The molecule has 5 nitrogen and oxygen atoms in total. The Hall–Kier alpha value is -2.30. The molecule has 0 bridgehead atoms. The maximum absolute atomic E-state index is 10.7. The Morgan fingerprint density at radius 1 is 1.37 bits per heavy atom. The molecule has 1 aromatic carbocycles. The number of rotatable bonds is 5. The SMILES string of the molecule is CCOc1ccc(-n2nc(CC(=O)O)cc2C)cc1. The fourth-order valence-electron chi connectivity index (χ4n) is 1.89. The maximum Gasteiger partial charge on any atom is 0.309 e. The lowest BCUT2D eigenvalue weighted by Crippen LogP contribution is -2.03. The van der Waals surface area contributed by atoms with E-state index in [9.17, 15) is 4.79 Å². The Balaban J connectivity index is 2.25. The van der Waals surface area contributed by atoms with Crippen molar-refractivity contribution in [2.24, 2.45) is 0 Å². The number of aryl methyl sites for hydroxylation is 1. The highest BCUT2D eigenvalue weighted by molar-refractivity contribution is 5.69. The molecule has 0 aliphatic carbocycles. The first kappa shape index (κ1) is 13.1. The standard InChI is InChI=1S/C14H16N2O3/c1-3-19-13-6-4-12(5-7-13)16-10(2)8-11(15-16)9-14(17)18/h4-8H,3,9H2,1-2H3,(H,17,18). The van der Waals surface area contributed by atoms with Crippen LogP contribution in [0.15, 0.2) is 30.3 Å². The van der Waals surface area contributed by atoms with Gasteiger partial charge in [-0.15, -0.1) is 0 Å². The lowest BCUT2D eigenvalue weighted by molar-refractivity contribution is -0.136. The molecule has 0 amide bonds. The van der Waals surface area contributed by atoms with Gasteiger partial charge in [0.1, 0.15) is 5.75 Å². The van der Waals surface area contributed by atoms with Crippen molar-refractivity contribution in [3.63, 3.8) is 0 Å². The minimum atomic E-state index is -0.878. The molecule has 2 aromatic rings. The van der Waals surface area contributed by atoms with E-state index in [-0.39, 0.29) is 6.42 Å². The third-order valence-corrected chi connectivity index (χ3v) is 2.66. The molecule has 0 aliphatic heterocycles. The first-order chi connectivity index (χ1) is 9.10. The second kappa shape index (κ2) is 5.56. The summed E-state index contributed by atoms with van der Waals surface area (Å²) in [5, 5.41) is 13.1. The van der Waals surface area contributed by atoms with Gasteiger partial charge in [0.2, 0.25) is 0 Å². The normalized spacial score (nSPS) is 10.4. The average Bonchev–Trinajstić information content (AvgIpc) is 2.71. The molecule has 5 heteroatoms. The Labute approximate surface area is 111 Å². The third kappa shape index (κ3) is 3.13. The van der Waals surface area contributed by atoms with E-state index in [4.69, 9.17) is 9.84 Å². The molecule has 0 saturated carbocycles. The van der Waals surface area contributed by atoms with Gasteiger partial charge < -0.3 is 9.84 Å². The van der Waals surface area contributed by atoms with E-state index < -0.39 is 5.97 Å². The predicted molar refractivity (Wildman–Crippen MR) is 70.8 cm³/mol. The molecule has 0 fully saturated rings. The van der Waals surface area contributed by atoms with E-state index in [0.717, 1.165) is 17.1 Å². The number of aromatic nitrogens is 2. The van der Waals surface area contributed by atoms with Crippen molar-refractivity contribution in [3.05, 3.63) is 41.7 Å². The topological polar surface area (TPSA) is 64.4 Å². The fraction of sp³-hybridized carbons (Fsp3) is 0.286. The lowest BCUT2D eigenvalue weighted by atomic mass is 10.3. The lowest BCUT2D eigenvalue weighted by Gasteiger charge is -2.06. The Kier molecular flexibility index (Phi) is 3.85. The highest BCUT2D eigenvalue weighted by Gasteiger charge is 2.09. The van der Waals surface area contributed by atoms with Crippen LogP contribution < -0.4 is 4.74 Å². The number of carboxylic acids is 1. The van der Waals surface area contributed by atoms with Crippen LogP contribution in [-0.4, -0.2) is 27.5 Å². The molecule has 2 rings (SSSR count). The highest BCUT2D eigenvalue weighted by Crippen LogP contribution is 2.17. The molecule has 1 N–H and O–H groups in total. The van der Waals surface area contributed by atoms with Crippen molar-refractivity contribution in [2.45, 2.75) is 20.3 Å². The van der Waals surface area contributed by atoms with Crippen LogP contribution in [0.25, 0.3) is 5.69 Å². The molecule has 19 heavy (non-hydrogen) atoms. The van der Waals surface area contributed by atoms with Crippen LogP contribution in [0.3, 0.4) is 0 Å². The van der Waals surface area contributed by atoms with Crippen molar-refractivity contribution in [3.8, 4) is 11.4 Å². The van der Waals surface area contributed by atoms with Gasteiger partial charge in [0, 0.05) is 5.69 Å². The minimum Gasteiger partial charge on any atom is -0.494 e. The molecular weight excluding hydrogens is 244 g/mol. The second-order valence-corrected chi connectivity index (χ2v) is 4.19. The minimum absolute atomic E-state index is 0.0646. The quantitative estimate of drug-likeness (QED) is 0.895. The van der Waals surface area contributed by atoms with Crippen LogP contribution in [0.4, 0.5) is 0 Å². The van der Waals surface area contributed by atoms with E-state index in [0.29, 0.717) is 12.3 Å². The summed E-state index contributed by atoms with van der Waals surface area (Å²) in [5.74, 6) is -0.0711. The first-order valence-electron chi connectivity index (χ1n) is 6.10. The molecule has 0 atom stereocenters. The van der Waals surface area contributed by atoms with Crippen LogP contribution in [0.5, 0.6) is 5.75 Å². The van der Waals surface area contributed by atoms with Crippen LogP contribution in [-0.2, 0) is 11.2 Å². The van der Waals surface area contributed by atoms with Crippen LogP contribution in [0, 0.1) is 6.92 Å². The molecule has 0 aliphatic rings. The monoisotopic (exact) mass is 260 g/mol. The first-order valence-corrected chi connectivity index (χ1v) is 6.10. The van der Waals surface area contributed by atoms with Crippen LogP contribution >= 0.6 is 0 Å². The summed E-state index contributed by atoms with van der Waals surface area (Å²) in [5.41, 5.74) is 2.34. The van der Waals surface area contributed by atoms with Gasteiger partial charge in [-0.3, -0.25) is 4.79 Å². The molecular formula is C14H16N2O3. The molecule has 0 spiro atoms. The van der Waals surface area contributed by atoms with E-state index in [1.54, 1.807) is 10.7 Å². The van der Waals surface area contributed by atoms with Gasteiger partial charge in [-0.1, -0.05) is 0 Å². The summed E-state index contributed by atoms with van der Waals surface area (Å²) in [4.78, 5) is 10.7. The number of benzene rings is 1. The second-order valence-electron chi connectivity index (χ2n) is 4.19. The van der Waals surface area contributed by atoms with Gasteiger partial charge in [-0.25, -0.2) is 4.68 Å². The Morgan fingerprint density at radius 3 is 2.63 bits per heavy atom. The number of carbonyl (C=O) groups is 1. The molecule has 1 aromatic heterocycles. The van der Waals surface area contributed by atoms with E-state index in [2.05, 4.69) is 5.10 Å². The predicted octanol–water partition coefficient (Wildman–Crippen LogP) is 2.21. The zero-order chi connectivity index (χ0) is 13.8. The number of hydrogen-bond acceptors (Lipinski definition) is 3. The zero-order valence-corrected chi connectivity index (χ0v) is 11.0. The van der Waals surface area contributed by atoms with Crippen molar-refractivity contribution in [1.82, 2.24) is 9.78 Å². The Morgan fingerprint density at radius 2 is 2.05 bits per heavy atom. The molecule has 100 valence electrons. The average molecular weight is 260 g/mol. The summed E-state index contributed by atoms with van der Waals surface area (Å²) in [6.45, 7) is 4.46. The van der Waals surface area contributed by atoms with Gasteiger partial charge in [-0.05, 0) is 44.2 Å². The van der Waals surface area contributed by atoms with E-state index in [1.165, 1.54) is 0 Å². The van der Waals surface area contributed by atoms with E-state index >= 15 is 0 Å². The summed E-state index contributed by atoms with van der Waals surface area (Å²) < 4.78 is 7.11. The number of nitrogens with zero attached hydrogens (tertiary/aromatic N) is 2. The highest BCUT2D eigenvalue weighted by atomic mass is 16.5. The number of aliphatic carboxylic acids is 1. The van der Waals surface area contributed by atoms with Gasteiger partial charge in [0.05, 0.1) is 24.4 Å². The number of carboxylic acid groups (broad SMARTS) is 1. The third-order valence-electron chi connectivity index (χ3n) is 2.66.